The van der Waals surface area contributed by atoms with Gasteiger partial charge in [-0.25, -0.2) is 0 Å². The van der Waals surface area contributed by atoms with Gasteiger partial charge in [-0.3, -0.25) is 4.90 Å². The van der Waals surface area contributed by atoms with Crippen LogP contribution in [0, 0.1) is 0 Å². The van der Waals surface area contributed by atoms with E-state index in [1.165, 1.54) is 5.56 Å². The van der Waals surface area contributed by atoms with Gasteiger partial charge in [-0.1, -0.05) is 0 Å². The maximum Gasteiger partial charge on any atom is 0.122 e. The third-order valence-electron chi connectivity index (χ3n) is 3.44. The van der Waals surface area contributed by atoms with Crippen LogP contribution in [-0.4, -0.2) is 38.3 Å². The molecule has 0 radical (unpaired) electrons. The molecule has 1 aromatic heterocycles. The molecule has 96 valence electrons. The monoisotopic (exact) mass is 238 g/mol. The fourth-order valence-corrected chi connectivity index (χ4v) is 2.36. The highest BCUT2D eigenvalue weighted by Crippen LogP contribution is 2.18. The minimum atomic E-state index is 0.444. The first kappa shape index (κ1) is 12.6. The average Bonchev–Trinajstić information content (AvgIpc) is 2.78. The number of ether oxygens (including phenoxy) is 1. The van der Waals surface area contributed by atoms with Crippen molar-refractivity contribution in [3.05, 3.63) is 23.7 Å². The molecule has 1 N–H and O–H groups in total. The van der Waals surface area contributed by atoms with Crippen LogP contribution in [0.1, 0.15) is 24.2 Å². The lowest BCUT2D eigenvalue weighted by Gasteiger charge is -2.30. The predicted octanol–water partition coefficient (Wildman–Crippen LogP) is 1.61. The molecule has 1 aliphatic heterocycles. The van der Waals surface area contributed by atoms with Gasteiger partial charge in [-0.05, 0) is 26.0 Å². The summed E-state index contributed by atoms with van der Waals surface area (Å²) in [6.07, 6.45) is 4.47. The van der Waals surface area contributed by atoms with Crippen molar-refractivity contribution in [3.63, 3.8) is 0 Å². The number of nitrogens with one attached hydrogen (secondary N) is 1. The Morgan fingerprint density at radius 2 is 2.24 bits per heavy atom. The second-order valence-corrected chi connectivity index (χ2v) is 4.61. The fraction of sp³-hybridized carbons (Fsp3) is 0.692. The van der Waals surface area contributed by atoms with Gasteiger partial charge in [0.25, 0.3) is 0 Å². The standard InChI is InChI=1S/C13H22N2O2/c1-14-9-11-5-8-17-13(11)10-15-6-3-12(16-2)4-7-15/h5,8,12,14H,3-4,6-7,9-10H2,1-2H3. The van der Waals surface area contributed by atoms with Crippen LogP contribution in [0.15, 0.2) is 16.7 Å². The summed E-state index contributed by atoms with van der Waals surface area (Å²) in [7, 11) is 3.76. The highest BCUT2D eigenvalue weighted by molar-refractivity contribution is 5.16. The summed E-state index contributed by atoms with van der Waals surface area (Å²) < 4.78 is 10.9. The van der Waals surface area contributed by atoms with Crippen molar-refractivity contribution < 1.29 is 9.15 Å². The molecular formula is C13H22N2O2. The summed E-state index contributed by atoms with van der Waals surface area (Å²) in [5.41, 5.74) is 1.27. The van der Waals surface area contributed by atoms with Gasteiger partial charge in [0.2, 0.25) is 0 Å². The molecule has 0 bridgehead atoms. The summed E-state index contributed by atoms with van der Waals surface area (Å²) in [4.78, 5) is 2.44. The number of likely N-dealkylation sites (tertiary alicyclic amines) is 1. The quantitative estimate of drug-likeness (QED) is 0.845. The zero-order chi connectivity index (χ0) is 12.1. The molecule has 1 aromatic rings. The summed E-state index contributed by atoms with van der Waals surface area (Å²) in [5.74, 6) is 1.09. The SMILES string of the molecule is CNCc1ccoc1CN1CCC(OC)CC1. The lowest BCUT2D eigenvalue weighted by Crippen LogP contribution is -2.36. The summed E-state index contributed by atoms with van der Waals surface area (Å²) >= 11 is 0. The van der Waals surface area contributed by atoms with Crippen LogP contribution in [0.3, 0.4) is 0 Å². The Morgan fingerprint density at radius 3 is 2.88 bits per heavy atom. The molecule has 1 fully saturated rings. The third-order valence-corrected chi connectivity index (χ3v) is 3.44. The Bertz CT molecular complexity index is 330. The van der Waals surface area contributed by atoms with Crippen LogP contribution in [0.4, 0.5) is 0 Å². The third kappa shape index (κ3) is 3.31. The second kappa shape index (κ2) is 6.19. The van der Waals surface area contributed by atoms with Crippen molar-refractivity contribution in [1.82, 2.24) is 10.2 Å². The minimum absolute atomic E-state index is 0.444. The molecule has 2 heterocycles. The maximum absolute atomic E-state index is 5.56. The first-order chi connectivity index (χ1) is 8.33. The molecule has 2 rings (SSSR count). The minimum Gasteiger partial charge on any atom is -0.468 e. The van der Waals surface area contributed by atoms with Crippen LogP contribution in [-0.2, 0) is 17.8 Å². The average molecular weight is 238 g/mol. The van der Waals surface area contributed by atoms with Gasteiger partial charge in [0.1, 0.15) is 5.76 Å². The second-order valence-electron chi connectivity index (χ2n) is 4.61. The summed E-state index contributed by atoms with van der Waals surface area (Å²) in [6.45, 7) is 3.98. The lowest BCUT2D eigenvalue weighted by molar-refractivity contribution is 0.0369. The number of methoxy groups -OCH3 is 1. The van der Waals surface area contributed by atoms with Crippen molar-refractivity contribution >= 4 is 0 Å². The van der Waals surface area contributed by atoms with Crippen molar-refractivity contribution in [3.8, 4) is 0 Å². The molecule has 0 atom stereocenters. The lowest BCUT2D eigenvalue weighted by atomic mass is 10.1. The van der Waals surface area contributed by atoms with Crippen molar-refractivity contribution in [1.29, 1.82) is 0 Å². The Labute approximate surface area is 103 Å². The van der Waals surface area contributed by atoms with Crippen molar-refractivity contribution in [2.75, 3.05) is 27.2 Å². The molecule has 0 spiro atoms. The molecule has 0 saturated carbocycles. The van der Waals surface area contributed by atoms with E-state index < -0.39 is 0 Å². The number of rotatable bonds is 5. The van der Waals surface area contributed by atoms with Gasteiger partial charge in [0, 0.05) is 32.3 Å². The van der Waals surface area contributed by atoms with Crippen LogP contribution in [0.25, 0.3) is 0 Å². The molecule has 0 unspecified atom stereocenters. The highest BCUT2D eigenvalue weighted by Gasteiger charge is 2.20. The normalized spacial score (nSPS) is 18.7. The van der Waals surface area contributed by atoms with E-state index in [9.17, 15) is 0 Å². The Balaban J connectivity index is 1.86. The molecule has 17 heavy (non-hydrogen) atoms. The summed E-state index contributed by atoms with van der Waals surface area (Å²) in [5, 5.41) is 3.17. The van der Waals surface area contributed by atoms with Gasteiger partial charge >= 0.3 is 0 Å². The Morgan fingerprint density at radius 1 is 1.47 bits per heavy atom. The molecule has 1 aliphatic rings. The van der Waals surface area contributed by atoms with E-state index >= 15 is 0 Å². The smallest absolute Gasteiger partial charge is 0.122 e. The van der Waals surface area contributed by atoms with E-state index in [0.717, 1.165) is 44.8 Å². The molecule has 1 saturated heterocycles. The van der Waals surface area contributed by atoms with E-state index in [4.69, 9.17) is 9.15 Å². The molecule has 0 aliphatic carbocycles. The largest absolute Gasteiger partial charge is 0.468 e. The molecule has 0 aromatic carbocycles. The first-order valence-corrected chi connectivity index (χ1v) is 6.28. The van der Waals surface area contributed by atoms with Crippen molar-refractivity contribution in [2.24, 2.45) is 0 Å². The van der Waals surface area contributed by atoms with Gasteiger partial charge in [0.15, 0.2) is 0 Å². The van der Waals surface area contributed by atoms with Crippen LogP contribution in [0.2, 0.25) is 0 Å². The maximum atomic E-state index is 5.56. The van der Waals surface area contributed by atoms with E-state index in [1.54, 1.807) is 13.4 Å². The van der Waals surface area contributed by atoms with E-state index in [0.29, 0.717) is 6.10 Å². The number of hydrogen-bond donors (Lipinski definition) is 1. The van der Waals surface area contributed by atoms with Gasteiger partial charge in [-0.15, -0.1) is 0 Å². The van der Waals surface area contributed by atoms with Gasteiger partial charge < -0.3 is 14.5 Å². The number of furan rings is 1. The van der Waals surface area contributed by atoms with E-state index in [1.807, 2.05) is 13.1 Å². The van der Waals surface area contributed by atoms with Gasteiger partial charge in [0.05, 0.1) is 18.9 Å². The number of hydrogen-bond acceptors (Lipinski definition) is 4. The van der Waals surface area contributed by atoms with Crippen LogP contribution >= 0.6 is 0 Å². The predicted molar refractivity (Wildman–Crippen MR) is 66.8 cm³/mol. The van der Waals surface area contributed by atoms with Crippen LogP contribution < -0.4 is 5.32 Å². The topological polar surface area (TPSA) is 37.6 Å². The highest BCUT2D eigenvalue weighted by atomic mass is 16.5. The van der Waals surface area contributed by atoms with E-state index in [2.05, 4.69) is 10.2 Å². The van der Waals surface area contributed by atoms with Crippen molar-refractivity contribution in [2.45, 2.75) is 32.0 Å². The Hall–Kier alpha value is -0.840. The molecule has 4 nitrogen and oxygen atoms in total. The van der Waals surface area contributed by atoms with Crippen LogP contribution in [0.5, 0.6) is 0 Å². The molecule has 0 amide bonds. The van der Waals surface area contributed by atoms with Gasteiger partial charge in [-0.2, -0.15) is 0 Å². The molecular weight excluding hydrogens is 216 g/mol. The Kier molecular flexibility index (Phi) is 4.59. The number of piperidine rings is 1. The fourth-order valence-electron chi connectivity index (χ4n) is 2.36. The first-order valence-electron chi connectivity index (χ1n) is 6.28. The summed E-state index contributed by atoms with van der Waals surface area (Å²) in [6, 6.07) is 2.05. The van der Waals surface area contributed by atoms with E-state index in [-0.39, 0.29) is 0 Å². The zero-order valence-corrected chi connectivity index (χ0v) is 10.7. The number of nitrogens with zero attached hydrogens (tertiary/aromatic N) is 1. The zero-order valence-electron chi connectivity index (χ0n) is 10.7. The molecule has 4 heteroatoms.